The summed E-state index contributed by atoms with van der Waals surface area (Å²) in [5.74, 6) is -1.33. The van der Waals surface area contributed by atoms with E-state index in [1.54, 1.807) is 26.0 Å². The molecule has 2 rings (SSSR count). The lowest BCUT2D eigenvalue weighted by Gasteiger charge is -2.20. The monoisotopic (exact) mass is 452 g/mol. The molecule has 30 heavy (non-hydrogen) atoms. The summed E-state index contributed by atoms with van der Waals surface area (Å²) < 4.78 is 32.0. The third-order valence-corrected chi connectivity index (χ3v) is 6.99. The van der Waals surface area contributed by atoms with E-state index in [-0.39, 0.29) is 28.6 Å². The molecule has 0 radical (unpaired) electrons. The summed E-state index contributed by atoms with van der Waals surface area (Å²) in [7, 11) is -3.86. The van der Waals surface area contributed by atoms with Crippen LogP contribution in [0.15, 0.2) is 47.4 Å². The molecule has 0 saturated carbocycles. The second-order valence-corrected chi connectivity index (χ2v) is 8.95. The number of rotatable bonds is 8. The summed E-state index contributed by atoms with van der Waals surface area (Å²) in [6.45, 7) is 7.31. The van der Waals surface area contributed by atoms with Gasteiger partial charge < -0.3 is 10.1 Å². The second kappa shape index (κ2) is 10.1. The van der Waals surface area contributed by atoms with Crippen LogP contribution in [0.4, 0.5) is 5.69 Å². The number of carbonyl (C=O) groups excluding carboxylic acids is 2. The molecular weight excluding hydrogens is 428 g/mol. The molecule has 0 unspecified atom stereocenters. The third-order valence-electron chi connectivity index (χ3n) is 4.46. The molecular formula is C21H25ClN2O5S. The maximum Gasteiger partial charge on any atom is 0.338 e. The van der Waals surface area contributed by atoms with Crippen LogP contribution in [0.25, 0.3) is 0 Å². The average molecular weight is 453 g/mol. The van der Waals surface area contributed by atoms with E-state index in [0.29, 0.717) is 5.69 Å². The predicted octanol–water partition coefficient (Wildman–Crippen LogP) is 3.86. The van der Waals surface area contributed by atoms with E-state index in [4.69, 9.17) is 16.3 Å². The minimum Gasteiger partial charge on any atom is -0.449 e. The molecule has 1 amide bonds. The van der Waals surface area contributed by atoms with Crippen molar-refractivity contribution in [2.45, 2.75) is 38.7 Å². The van der Waals surface area contributed by atoms with Crippen molar-refractivity contribution in [2.24, 2.45) is 0 Å². The summed E-state index contributed by atoms with van der Waals surface area (Å²) in [6.07, 6.45) is -1.09. The number of hydrogen-bond acceptors (Lipinski definition) is 5. The van der Waals surface area contributed by atoms with Crippen molar-refractivity contribution in [1.29, 1.82) is 0 Å². The third kappa shape index (κ3) is 5.59. The van der Waals surface area contributed by atoms with Crippen molar-refractivity contribution in [3.63, 3.8) is 0 Å². The lowest BCUT2D eigenvalue weighted by molar-refractivity contribution is -0.123. The smallest absolute Gasteiger partial charge is 0.338 e. The first-order chi connectivity index (χ1) is 14.1. The Bertz CT molecular complexity index is 1020. The molecule has 0 aliphatic carbocycles. The first-order valence-corrected chi connectivity index (χ1v) is 11.3. The fourth-order valence-corrected chi connectivity index (χ4v) is 4.65. The van der Waals surface area contributed by atoms with Gasteiger partial charge in [0, 0.05) is 18.8 Å². The second-order valence-electron chi connectivity index (χ2n) is 6.64. The van der Waals surface area contributed by atoms with Gasteiger partial charge in [0.2, 0.25) is 10.0 Å². The van der Waals surface area contributed by atoms with Crippen LogP contribution in [-0.4, -0.2) is 43.8 Å². The Morgan fingerprint density at radius 3 is 2.27 bits per heavy atom. The summed E-state index contributed by atoms with van der Waals surface area (Å²) in [4.78, 5) is 24.6. The Balaban J connectivity index is 2.16. The Morgan fingerprint density at radius 2 is 1.70 bits per heavy atom. The van der Waals surface area contributed by atoms with E-state index in [1.165, 1.54) is 29.4 Å². The van der Waals surface area contributed by atoms with Crippen LogP contribution >= 0.6 is 11.6 Å². The predicted molar refractivity (Wildman–Crippen MR) is 116 cm³/mol. The van der Waals surface area contributed by atoms with Crippen molar-refractivity contribution in [3.05, 3.63) is 58.6 Å². The molecule has 7 nitrogen and oxygen atoms in total. The van der Waals surface area contributed by atoms with Crippen molar-refractivity contribution in [1.82, 2.24) is 4.31 Å². The minimum absolute atomic E-state index is 0.00334. The zero-order chi connectivity index (χ0) is 22.5. The van der Waals surface area contributed by atoms with Gasteiger partial charge in [-0.1, -0.05) is 43.1 Å². The van der Waals surface area contributed by atoms with E-state index in [9.17, 15) is 18.0 Å². The molecule has 2 aromatic carbocycles. The van der Waals surface area contributed by atoms with Crippen LogP contribution in [0.5, 0.6) is 0 Å². The number of anilines is 1. The highest BCUT2D eigenvalue weighted by molar-refractivity contribution is 7.89. The molecule has 162 valence electrons. The molecule has 1 N–H and O–H groups in total. The zero-order valence-corrected chi connectivity index (χ0v) is 18.9. The van der Waals surface area contributed by atoms with E-state index in [0.717, 1.165) is 5.56 Å². The summed E-state index contributed by atoms with van der Waals surface area (Å²) in [5, 5.41) is 2.66. The van der Waals surface area contributed by atoms with E-state index < -0.39 is 28.0 Å². The van der Waals surface area contributed by atoms with Gasteiger partial charge in [-0.25, -0.2) is 13.2 Å². The van der Waals surface area contributed by atoms with E-state index >= 15 is 0 Å². The first-order valence-electron chi connectivity index (χ1n) is 9.48. The van der Waals surface area contributed by atoms with Gasteiger partial charge in [-0.3, -0.25) is 4.79 Å². The topological polar surface area (TPSA) is 92.8 Å². The van der Waals surface area contributed by atoms with Gasteiger partial charge in [-0.15, -0.1) is 0 Å². The number of ether oxygens (including phenoxy) is 1. The van der Waals surface area contributed by atoms with Gasteiger partial charge in [-0.05, 0) is 44.2 Å². The van der Waals surface area contributed by atoms with Crippen LogP contribution in [0.3, 0.4) is 0 Å². The first kappa shape index (κ1) is 23.9. The van der Waals surface area contributed by atoms with Gasteiger partial charge >= 0.3 is 5.97 Å². The molecule has 2 aromatic rings. The van der Waals surface area contributed by atoms with Crippen LogP contribution in [-0.2, 0) is 19.6 Å². The molecule has 0 aliphatic rings. The standard InChI is InChI=1S/C21H25ClN2O5S/c1-5-24(6-2)30(27,28)19-13-16(9-12-18(19)22)21(26)29-15(4)20(25)23-17-10-7-14(3)8-11-17/h7-13,15H,5-6H2,1-4H3,(H,23,25)/t15-/m1/s1. The Kier molecular flexibility index (Phi) is 8.00. The van der Waals surface area contributed by atoms with Crippen LogP contribution in [0.2, 0.25) is 5.02 Å². The average Bonchev–Trinajstić information content (AvgIpc) is 2.70. The molecule has 0 spiro atoms. The quantitative estimate of drug-likeness (QED) is 0.614. The number of aryl methyl sites for hydroxylation is 1. The number of benzene rings is 2. The number of esters is 1. The minimum atomic E-state index is -3.86. The largest absolute Gasteiger partial charge is 0.449 e. The van der Waals surface area contributed by atoms with Gasteiger partial charge in [0.15, 0.2) is 6.10 Å². The van der Waals surface area contributed by atoms with Crippen molar-refractivity contribution in [2.75, 3.05) is 18.4 Å². The fourth-order valence-electron chi connectivity index (χ4n) is 2.69. The number of hydrogen-bond donors (Lipinski definition) is 1. The Hall–Kier alpha value is -2.42. The molecule has 0 aromatic heterocycles. The summed E-state index contributed by atoms with van der Waals surface area (Å²) in [6, 6.07) is 11.0. The molecule has 0 bridgehead atoms. The molecule has 9 heteroatoms. The SMILES string of the molecule is CCN(CC)S(=O)(=O)c1cc(C(=O)O[C@H](C)C(=O)Nc2ccc(C)cc2)ccc1Cl. The lowest BCUT2D eigenvalue weighted by atomic mass is 10.2. The number of amides is 1. The Morgan fingerprint density at radius 1 is 1.10 bits per heavy atom. The highest BCUT2D eigenvalue weighted by Crippen LogP contribution is 2.26. The van der Waals surface area contributed by atoms with Crippen molar-refractivity contribution < 1.29 is 22.7 Å². The summed E-state index contributed by atoms with van der Waals surface area (Å²) >= 11 is 6.08. The number of nitrogens with zero attached hydrogens (tertiary/aromatic N) is 1. The normalized spacial score (nSPS) is 12.5. The number of sulfonamides is 1. The number of halogens is 1. The highest BCUT2D eigenvalue weighted by atomic mass is 35.5. The molecule has 0 aliphatic heterocycles. The Labute approximate surface area is 182 Å². The number of carbonyl (C=O) groups is 2. The molecule has 0 fully saturated rings. The maximum atomic E-state index is 12.8. The van der Waals surface area contributed by atoms with Crippen LogP contribution in [0, 0.1) is 6.92 Å². The highest BCUT2D eigenvalue weighted by Gasteiger charge is 2.27. The van der Waals surface area contributed by atoms with E-state index in [2.05, 4.69) is 5.32 Å². The molecule has 1 atom stereocenters. The van der Waals surface area contributed by atoms with Gasteiger partial charge in [0.25, 0.3) is 5.91 Å². The lowest BCUT2D eigenvalue weighted by Crippen LogP contribution is -2.31. The fraction of sp³-hybridized carbons (Fsp3) is 0.333. The van der Waals surface area contributed by atoms with Crippen molar-refractivity contribution >= 4 is 39.2 Å². The summed E-state index contributed by atoms with van der Waals surface area (Å²) in [5.41, 5.74) is 1.61. The molecule has 0 heterocycles. The van der Waals surface area contributed by atoms with Crippen molar-refractivity contribution in [3.8, 4) is 0 Å². The number of nitrogens with one attached hydrogen (secondary N) is 1. The van der Waals surface area contributed by atoms with Gasteiger partial charge in [0.1, 0.15) is 4.90 Å². The van der Waals surface area contributed by atoms with Crippen LogP contribution in [0.1, 0.15) is 36.7 Å². The van der Waals surface area contributed by atoms with Gasteiger partial charge in [0.05, 0.1) is 10.6 Å². The van der Waals surface area contributed by atoms with Gasteiger partial charge in [-0.2, -0.15) is 4.31 Å². The molecule has 0 saturated heterocycles. The van der Waals surface area contributed by atoms with Crippen LogP contribution < -0.4 is 5.32 Å². The maximum absolute atomic E-state index is 12.8. The zero-order valence-electron chi connectivity index (χ0n) is 17.3. The van der Waals surface area contributed by atoms with E-state index in [1.807, 2.05) is 19.1 Å².